The van der Waals surface area contributed by atoms with Crippen LogP contribution in [0.25, 0.3) is 0 Å². The van der Waals surface area contributed by atoms with Gasteiger partial charge in [-0.25, -0.2) is 0 Å². The molecule has 1 rings (SSSR count). The summed E-state index contributed by atoms with van der Waals surface area (Å²) in [5, 5.41) is 0. The smallest absolute Gasteiger partial charge is 0.119 e. The standard InChI is InChI=1S/C15H22O2/c1-3-6-14-7-9-15(10-8-14)17-13-5-12-16-11-4-2/h4,7-11H,3,5-6,12-13H2,1-2H3. The van der Waals surface area contributed by atoms with Crippen LogP contribution in [0.15, 0.2) is 36.6 Å². The molecule has 1 aromatic carbocycles. The van der Waals surface area contributed by atoms with Crippen molar-refractivity contribution >= 4 is 0 Å². The van der Waals surface area contributed by atoms with Crippen LogP contribution in [-0.2, 0) is 11.2 Å². The maximum Gasteiger partial charge on any atom is 0.119 e. The van der Waals surface area contributed by atoms with Crippen molar-refractivity contribution in [1.29, 1.82) is 0 Å². The molecule has 94 valence electrons. The van der Waals surface area contributed by atoms with Gasteiger partial charge in [-0.3, -0.25) is 0 Å². The van der Waals surface area contributed by atoms with E-state index in [0.717, 1.165) is 18.6 Å². The summed E-state index contributed by atoms with van der Waals surface area (Å²) in [5.41, 5.74) is 1.37. The van der Waals surface area contributed by atoms with E-state index < -0.39 is 0 Å². The molecule has 2 nitrogen and oxygen atoms in total. The zero-order chi connectivity index (χ0) is 12.3. The Balaban J connectivity index is 2.18. The summed E-state index contributed by atoms with van der Waals surface area (Å²) in [5.74, 6) is 0.941. The summed E-state index contributed by atoms with van der Waals surface area (Å²) >= 11 is 0. The third kappa shape index (κ3) is 6.00. The van der Waals surface area contributed by atoms with Crippen LogP contribution in [0.1, 0.15) is 32.3 Å². The lowest BCUT2D eigenvalue weighted by atomic mass is 10.1. The predicted octanol–water partition coefficient (Wildman–Crippen LogP) is 3.96. The summed E-state index contributed by atoms with van der Waals surface area (Å²) in [6, 6.07) is 8.35. The minimum Gasteiger partial charge on any atom is -0.501 e. The molecule has 2 heteroatoms. The fourth-order valence-corrected chi connectivity index (χ4v) is 1.54. The zero-order valence-electron chi connectivity index (χ0n) is 10.8. The van der Waals surface area contributed by atoms with E-state index in [0.29, 0.717) is 13.2 Å². The van der Waals surface area contributed by atoms with Gasteiger partial charge in [0.2, 0.25) is 0 Å². The average Bonchev–Trinajstić information content (AvgIpc) is 2.36. The number of hydrogen-bond acceptors (Lipinski definition) is 2. The lowest BCUT2D eigenvalue weighted by Gasteiger charge is -2.06. The highest BCUT2D eigenvalue weighted by Crippen LogP contribution is 2.13. The SMILES string of the molecule is CC=COCCCOc1ccc(CCC)cc1. The van der Waals surface area contributed by atoms with E-state index >= 15 is 0 Å². The van der Waals surface area contributed by atoms with Crippen LogP contribution in [0, 0.1) is 0 Å². The van der Waals surface area contributed by atoms with Gasteiger partial charge in [-0.2, -0.15) is 0 Å². The molecule has 0 aliphatic rings. The van der Waals surface area contributed by atoms with Crippen molar-refractivity contribution in [2.24, 2.45) is 0 Å². The van der Waals surface area contributed by atoms with Gasteiger partial charge in [-0.1, -0.05) is 31.6 Å². The summed E-state index contributed by atoms with van der Waals surface area (Å²) in [7, 11) is 0. The van der Waals surface area contributed by atoms with Gasteiger partial charge in [0.15, 0.2) is 0 Å². The molecule has 0 aliphatic heterocycles. The highest BCUT2D eigenvalue weighted by molar-refractivity contribution is 5.27. The molecule has 0 aromatic heterocycles. The second-order valence-electron chi connectivity index (χ2n) is 3.94. The van der Waals surface area contributed by atoms with Crippen LogP contribution < -0.4 is 4.74 Å². The normalized spacial score (nSPS) is 10.7. The quantitative estimate of drug-likeness (QED) is 0.500. The second kappa shape index (κ2) is 8.68. The molecular formula is C15H22O2. The fourth-order valence-electron chi connectivity index (χ4n) is 1.54. The highest BCUT2D eigenvalue weighted by atomic mass is 16.5. The first-order chi connectivity index (χ1) is 8.36. The highest BCUT2D eigenvalue weighted by Gasteiger charge is 1.95. The second-order valence-corrected chi connectivity index (χ2v) is 3.94. The first-order valence-corrected chi connectivity index (χ1v) is 6.31. The van der Waals surface area contributed by atoms with Gasteiger partial charge < -0.3 is 9.47 Å². The predicted molar refractivity (Wildman–Crippen MR) is 71.3 cm³/mol. The topological polar surface area (TPSA) is 18.5 Å². The molecular weight excluding hydrogens is 212 g/mol. The van der Waals surface area contributed by atoms with Crippen molar-refractivity contribution in [3.8, 4) is 5.75 Å². The van der Waals surface area contributed by atoms with E-state index in [4.69, 9.17) is 9.47 Å². The molecule has 0 aliphatic carbocycles. The number of rotatable bonds is 8. The lowest BCUT2D eigenvalue weighted by molar-refractivity contribution is 0.208. The van der Waals surface area contributed by atoms with E-state index in [1.165, 1.54) is 12.0 Å². The molecule has 0 radical (unpaired) electrons. The van der Waals surface area contributed by atoms with Crippen molar-refractivity contribution in [1.82, 2.24) is 0 Å². The maximum absolute atomic E-state index is 5.62. The molecule has 0 heterocycles. The molecule has 0 fully saturated rings. The Morgan fingerprint density at radius 3 is 2.53 bits per heavy atom. The van der Waals surface area contributed by atoms with Gasteiger partial charge in [-0.15, -0.1) is 0 Å². The summed E-state index contributed by atoms with van der Waals surface area (Å²) in [6.07, 6.45) is 6.81. The Kier molecular flexibility index (Phi) is 6.96. The Morgan fingerprint density at radius 1 is 1.12 bits per heavy atom. The monoisotopic (exact) mass is 234 g/mol. The number of benzene rings is 1. The summed E-state index contributed by atoms with van der Waals surface area (Å²) < 4.78 is 10.8. The molecule has 17 heavy (non-hydrogen) atoms. The molecule has 0 unspecified atom stereocenters. The maximum atomic E-state index is 5.62. The fraction of sp³-hybridized carbons (Fsp3) is 0.467. The molecule has 0 saturated heterocycles. The zero-order valence-corrected chi connectivity index (χ0v) is 10.8. The Labute approximate surface area is 104 Å². The molecule has 0 saturated carbocycles. The summed E-state index contributed by atoms with van der Waals surface area (Å²) in [4.78, 5) is 0. The lowest BCUT2D eigenvalue weighted by Crippen LogP contribution is -2.01. The Bertz CT molecular complexity index is 314. The average molecular weight is 234 g/mol. The van der Waals surface area contributed by atoms with E-state index in [9.17, 15) is 0 Å². The van der Waals surface area contributed by atoms with Crippen LogP contribution in [0.4, 0.5) is 0 Å². The van der Waals surface area contributed by atoms with E-state index in [-0.39, 0.29) is 0 Å². The van der Waals surface area contributed by atoms with Crippen molar-refractivity contribution in [3.63, 3.8) is 0 Å². The first kappa shape index (κ1) is 13.6. The van der Waals surface area contributed by atoms with Crippen LogP contribution in [0.2, 0.25) is 0 Å². The van der Waals surface area contributed by atoms with Gasteiger partial charge >= 0.3 is 0 Å². The number of aryl methyl sites for hydroxylation is 1. The van der Waals surface area contributed by atoms with Gasteiger partial charge in [-0.05, 0) is 31.0 Å². The third-order valence-corrected chi connectivity index (χ3v) is 2.37. The van der Waals surface area contributed by atoms with Gasteiger partial charge in [0.25, 0.3) is 0 Å². The van der Waals surface area contributed by atoms with Crippen molar-refractivity contribution in [2.75, 3.05) is 13.2 Å². The molecule has 0 N–H and O–H groups in total. The van der Waals surface area contributed by atoms with Crippen LogP contribution in [0.3, 0.4) is 0 Å². The van der Waals surface area contributed by atoms with Crippen molar-refractivity contribution < 1.29 is 9.47 Å². The summed E-state index contributed by atoms with van der Waals surface area (Å²) in [6.45, 7) is 5.53. The van der Waals surface area contributed by atoms with Crippen LogP contribution in [0.5, 0.6) is 5.75 Å². The molecule has 0 atom stereocenters. The van der Waals surface area contributed by atoms with Gasteiger partial charge in [0.1, 0.15) is 5.75 Å². The molecule has 0 amide bonds. The molecule has 1 aromatic rings. The number of allylic oxidation sites excluding steroid dienone is 1. The minimum absolute atomic E-state index is 0.699. The van der Waals surface area contributed by atoms with Gasteiger partial charge in [0.05, 0.1) is 19.5 Å². The Morgan fingerprint density at radius 2 is 1.88 bits per heavy atom. The van der Waals surface area contributed by atoms with Crippen LogP contribution in [-0.4, -0.2) is 13.2 Å². The molecule has 0 spiro atoms. The number of ether oxygens (including phenoxy) is 2. The Hall–Kier alpha value is -1.44. The van der Waals surface area contributed by atoms with E-state index in [2.05, 4.69) is 19.1 Å². The molecule has 0 bridgehead atoms. The van der Waals surface area contributed by atoms with E-state index in [1.807, 2.05) is 25.1 Å². The number of hydrogen-bond donors (Lipinski definition) is 0. The minimum atomic E-state index is 0.699. The van der Waals surface area contributed by atoms with Crippen molar-refractivity contribution in [3.05, 3.63) is 42.2 Å². The third-order valence-electron chi connectivity index (χ3n) is 2.37. The van der Waals surface area contributed by atoms with Crippen LogP contribution >= 0.6 is 0 Å². The van der Waals surface area contributed by atoms with Crippen molar-refractivity contribution in [2.45, 2.75) is 33.1 Å². The van der Waals surface area contributed by atoms with Gasteiger partial charge in [0, 0.05) is 6.42 Å². The first-order valence-electron chi connectivity index (χ1n) is 6.31. The largest absolute Gasteiger partial charge is 0.501 e. The van der Waals surface area contributed by atoms with E-state index in [1.54, 1.807) is 6.26 Å².